The zero-order valence-electron chi connectivity index (χ0n) is 22.5. The molecule has 210 valence electrons. The maximum atomic E-state index is 13.0. The highest BCUT2D eigenvalue weighted by Crippen LogP contribution is 2.37. The number of nitrogens with zero attached hydrogens (tertiary/aromatic N) is 4. The molecule has 0 aromatic heterocycles. The Labute approximate surface area is 235 Å². The molecule has 1 aliphatic heterocycles. The highest BCUT2D eigenvalue weighted by molar-refractivity contribution is 7.87. The van der Waals surface area contributed by atoms with Crippen molar-refractivity contribution >= 4 is 39.5 Å². The van der Waals surface area contributed by atoms with Crippen LogP contribution in [0.15, 0.2) is 76.2 Å². The number of hydrogen-bond acceptors (Lipinski definition) is 6. The van der Waals surface area contributed by atoms with Gasteiger partial charge in [-0.3, -0.25) is 0 Å². The summed E-state index contributed by atoms with van der Waals surface area (Å²) >= 11 is 6.16. The number of hydrogen-bond donors (Lipinski definition) is 1. The lowest BCUT2D eigenvalue weighted by Crippen LogP contribution is -2.45. The quantitative estimate of drug-likeness (QED) is 0.189. The third-order valence-corrected chi connectivity index (χ3v) is 7.83. The number of nitrogens with one attached hydrogen (secondary N) is 1. The Bertz CT molecular complexity index is 1310. The molecule has 0 amide bonds. The van der Waals surface area contributed by atoms with E-state index in [0.717, 1.165) is 11.1 Å². The summed E-state index contributed by atoms with van der Waals surface area (Å²) in [5.74, 6) is -0.433. The highest BCUT2D eigenvalue weighted by atomic mass is 35.5. The fraction of sp³-hybridized carbons (Fsp3) is 0.370. The van der Waals surface area contributed by atoms with Crippen molar-refractivity contribution in [1.29, 1.82) is 0 Å². The second-order valence-electron chi connectivity index (χ2n) is 8.40. The lowest BCUT2D eigenvalue weighted by molar-refractivity contribution is -0.137. The minimum Gasteiger partial charge on any atom is -0.463 e. The van der Waals surface area contributed by atoms with Crippen LogP contribution in [0.2, 0.25) is 5.02 Å². The first-order valence-electron chi connectivity index (χ1n) is 12.6. The molecule has 0 saturated carbocycles. The van der Waals surface area contributed by atoms with Crippen molar-refractivity contribution < 1.29 is 22.7 Å². The van der Waals surface area contributed by atoms with E-state index in [-0.39, 0.29) is 38.8 Å². The van der Waals surface area contributed by atoms with E-state index in [9.17, 15) is 13.2 Å². The molecule has 1 aliphatic rings. The fourth-order valence-electron chi connectivity index (χ4n) is 4.14. The summed E-state index contributed by atoms with van der Waals surface area (Å²) in [6, 6.07) is 16.6. The fourth-order valence-corrected chi connectivity index (χ4v) is 5.44. The summed E-state index contributed by atoms with van der Waals surface area (Å²) in [5, 5.41) is 9.73. The number of benzene rings is 2. The number of ether oxygens (including phenoxy) is 2. The van der Waals surface area contributed by atoms with Crippen LogP contribution in [0.3, 0.4) is 0 Å². The average molecular weight is 576 g/mol. The van der Waals surface area contributed by atoms with Gasteiger partial charge in [-0.15, -0.1) is 4.40 Å². The molecule has 0 spiro atoms. The number of carbonyl (C=O) groups is 1. The standard InChI is InChI=1S/C27H34ClN5O5S/c1-5-32(6-2)39(35,36)31-26(29-4)33-20-27(22-12-9-8-10-13-22,38-19-11-14-24(34)37-7-3)25(30-33)21-15-17-23(28)18-16-21/h8-18H,5-7,19-20H2,1-4H3,(H,29,31)/b14-11+. The minimum absolute atomic E-state index is 0.0387. The highest BCUT2D eigenvalue weighted by Gasteiger charge is 2.47. The minimum atomic E-state index is -3.97. The molecule has 2 aromatic rings. The first-order valence-corrected chi connectivity index (χ1v) is 14.4. The Balaban J connectivity index is 2.13. The summed E-state index contributed by atoms with van der Waals surface area (Å²) in [6.45, 7) is 6.22. The molecule has 0 radical (unpaired) electrons. The van der Waals surface area contributed by atoms with Gasteiger partial charge in [-0.1, -0.05) is 74.0 Å². The molecule has 1 heterocycles. The maximum absolute atomic E-state index is 13.0. The normalized spacial score (nSPS) is 18.1. The van der Waals surface area contributed by atoms with Crippen LogP contribution in [0.5, 0.6) is 0 Å². The molecule has 1 N–H and O–H groups in total. The zero-order valence-corrected chi connectivity index (χ0v) is 24.1. The molecule has 10 nitrogen and oxygen atoms in total. The van der Waals surface area contributed by atoms with Crippen molar-refractivity contribution in [3.63, 3.8) is 0 Å². The lowest BCUT2D eigenvalue weighted by atomic mass is 9.85. The van der Waals surface area contributed by atoms with E-state index in [1.165, 1.54) is 15.4 Å². The van der Waals surface area contributed by atoms with Crippen LogP contribution in [0, 0.1) is 0 Å². The molecule has 0 aliphatic carbocycles. The van der Waals surface area contributed by atoms with E-state index >= 15 is 0 Å². The Kier molecular flexibility index (Phi) is 10.6. The second-order valence-corrected chi connectivity index (χ2v) is 10.4. The maximum Gasteiger partial charge on any atom is 0.330 e. The first kappa shape index (κ1) is 30.3. The number of carbonyl (C=O) groups excluding carboxylic acids is 1. The molecular weight excluding hydrogens is 542 g/mol. The van der Waals surface area contributed by atoms with Gasteiger partial charge in [0.1, 0.15) is 5.71 Å². The number of halogens is 1. The third-order valence-electron chi connectivity index (χ3n) is 6.00. The first-order chi connectivity index (χ1) is 18.7. The molecule has 39 heavy (non-hydrogen) atoms. The van der Waals surface area contributed by atoms with Gasteiger partial charge in [0.25, 0.3) is 0 Å². The molecule has 12 heteroatoms. The van der Waals surface area contributed by atoms with Gasteiger partial charge < -0.3 is 14.8 Å². The van der Waals surface area contributed by atoms with Crippen LogP contribution in [-0.2, 0) is 30.1 Å². The number of hydrazone groups is 1. The molecule has 1 atom stereocenters. The van der Waals surface area contributed by atoms with Crippen LogP contribution >= 0.6 is 11.6 Å². The summed E-state index contributed by atoms with van der Waals surface area (Å²) in [4.78, 5) is 11.8. The predicted octanol–water partition coefficient (Wildman–Crippen LogP) is 3.55. The van der Waals surface area contributed by atoms with Gasteiger partial charge in [-0.2, -0.15) is 17.8 Å². The predicted molar refractivity (Wildman–Crippen MR) is 153 cm³/mol. The third kappa shape index (κ3) is 7.24. The van der Waals surface area contributed by atoms with Crippen LogP contribution in [0.25, 0.3) is 0 Å². The van der Waals surface area contributed by atoms with Crippen molar-refractivity contribution in [2.45, 2.75) is 26.4 Å². The Morgan fingerprint density at radius 3 is 2.41 bits per heavy atom. The van der Waals surface area contributed by atoms with Crippen LogP contribution < -0.4 is 5.32 Å². The van der Waals surface area contributed by atoms with Crippen molar-refractivity contribution in [2.75, 3.05) is 39.9 Å². The zero-order chi connectivity index (χ0) is 28.5. The molecule has 0 fully saturated rings. The monoisotopic (exact) mass is 575 g/mol. The van der Waals surface area contributed by atoms with Crippen molar-refractivity contribution in [2.24, 2.45) is 9.50 Å². The topological polar surface area (TPSA) is 113 Å². The van der Waals surface area contributed by atoms with Crippen molar-refractivity contribution in [3.8, 4) is 0 Å². The summed E-state index contributed by atoms with van der Waals surface area (Å²) in [5.41, 5.74) is 0.887. The summed E-state index contributed by atoms with van der Waals surface area (Å²) in [7, 11) is -2.39. The van der Waals surface area contributed by atoms with E-state index in [4.69, 9.17) is 26.2 Å². The van der Waals surface area contributed by atoms with Gasteiger partial charge in [0, 0.05) is 36.8 Å². The summed E-state index contributed by atoms with van der Waals surface area (Å²) < 4.78 is 42.8. The van der Waals surface area contributed by atoms with Gasteiger partial charge in [0.05, 0.1) is 19.8 Å². The van der Waals surface area contributed by atoms with Gasteiger partial charge in [-0.05, 0) is 24.6 Å². The SMILES string of the molecule is CCOC(=O)/C=C/COC1(c2ccccc2)CN(/C(=N/S(=O)(=O)N(CC)CC)NC)N=C1c1ccc(Cl)cc1. The molecule has 0 bridgehead atoms. The van der Waals surface area contributed by atoms with E-state index in [2.05, 4.69) is 9.71 Å². The van der Waals surface area contributed by atoms with Crippen LogP contribution in [-0.4, -0.2) is 75.3 Å². The molecule has 0 saturated heterocycles. The summed E-state index contributed by atoms with van der Waals surface area (Å²) in [6.07, 6.45) is 2.88. The van der Waals surface area contributed by atoms with Crippen LogP contribution in [0.1, 0.15) is 31.9 Å². The smallest absolute Gasteiger partial charge is 0.330 e. The van der Waals surface area contributed by atoms with Crippen molar-refractivity contribution in [3.05, 3.63) is 82.9 Å². The van der Waals surface area contributed by atoms with E-state index in [0.29, 0.717) is 10.7 Å². The largest absolute Gasteiger partial charge is 0.463 e. The average Bonchev–Trinajstić information content (AvgIpc) is 3.32. The Morgan fingerprint density at radius 2 is 1.82 bits per heavy atom. The van der Waals surface area contributed by atoms with E-state index in [1.54, 1.807) is 46.0 Å². The van der Waals surface area contributed by atoms with Crippen LogP contribution in [0.4, 0.5) is 0 Å². The number of rotatable bonds is 11. The van der Waals surface area contributed by atoms with E-state index in [1.807, 2.05) is 42.5 Å². The molecular formula is C27H34ClN5O5S. The molecule has 2 aromatic carbocycles. The van der Waals surface area contributed by atoms with Gasteiger partial charge in [0.15, 0.2) is 5.60 Å². The Morgan fingerprint density at radius 1 is 1.15 bits per heavy atom. The van der Waals surface area contributed by atoms with Gasteiger partial charge in [-0.25, -0.2) is 9.80 Å². The number of esters is 1. The number of guanidine groups is 1. The molecule has 3 rings (SSSR count). The Hall–Kier alpha value is -3.25. The van der Waals surface area contributed by atoms with Crippen molar-refractivity contribution in [1.82, 2.24) is 14.6 Å². The van der Waals surface area contributed by atoms with Gasteiger partial charge >= 0.3 is 16.2 Å². The molecule has 1 unspecified atom stereocenters. The lowest BCUT2D eigenvalue weighted by Gasteiger charge is -2.31. The van der Waals surface area contributed by atoms with E-state index < -0.39 is 21.8 Å². The van der Waals surface area contributed by atoms with Gasteiger partial charge in [0.2, 0.25) is 5.96 Å². The second kappa shape index (κ2) is 13.7.